The molecule has 1 atom stereocenters. The molecule has 0 unspecified atom stereocenters. The van der Waals surface area contributed by atoms with Crippen molar-refractivity contribution in [1.82, 2.24) is 15.1 Å². The van der Waals surface area contributed by atoms with Crippen LogP contribution in [0.2, 0.25) is 0 Å². The highest BCUT2D eigenvalue weighted by Crippen LogP contribution is 2.05. The zero-order valence-corrected chi connectivity index (χ0v) is 11.3. The van der Waals surface area contributed by atoms with Gasteiger partial charge in [0.25, 0.3) is 0 Å². The van der Waals surface area contributed by atoms with Crippen LogP contribution in [0.5, 0.6) is 0 Å². The maximum Gasteiger partial charge on any atom is 0.327 e. The van der Waals surface area contributed by atoms with E-state index in [-0.39, 0.29) is 5.75 Å². The molecule has 0 radical (unpaired) electrons. The Hall–Kier alpha value is -1.90. The highest BCUT2D eigenvalue weighted by Gasteiger charge is 2.26. The van der Waals surface area contributed by atoms with E-state index < -0.39 is 33.5 Å². The van der Waals surface area contributed by atoms with Crippen molar-refractivity contribution in [2.24, 2.45) is 7.05 Å². The maximum absolute atomic E-state index is 11.8. The molecule has 2 N–H and O–H groups in total. The first-order chi connectivity index (χ1) is 8.69. The molecule has 0 saturated heterocycles. The number of hydrogen-bond acceptors (Lipinski definition) is 5. The van der Waals surface area contributed by atoms with Crippen LogP contribution in [0.25, 0.3) is 0 Å². The van der Waals surface area contributed by atoms with Crippen molar-refractivity contribution in [3.05, 3.63) is 18.0 Å². The van der Waals surface area contributed by atoms with Crippen molar-refractivity contribution in [1.29, 1.82) is 0 Å². The predicted molar refractivity (Wildman–Crippen MR) is 65.9 cm³/mol. The summed E-state index contributed by atoms with van der Waals surface area (Å²) in [6.07, 6.45) is 1.59. The van der Waals surface area contributed by atoms with Gasteiger partial charge in [0.15, 0.2) is 9.84 Å². The van der Waals surface area contributed by atoms with Crippen LogP contribution in [0.1, 0.15) is 12.6 Å². The fourth-order valence-electron chi connectivity index (χ4n) is 1.50. The number of rotatable bonds is 6. The topological polar surface area (TPSA) is 118 Å². The lowest BCUT2D eigenvalue weighted by molar-refractivity contribution is -0.140. The fraction of sp³-hybridized carbons (Fsp3) is 0.500. The second-order valence-electron chi connectivity index (χ2n) is 4.13. The SMILES string of the molecule is CC(=O)N[C@@H](CS(=O)(=O)Cc1ccn(C)n1)C(=O)O. The Labute approximate surface area is 110 Å². The Morgan fingerprint density at radius 3 is 2.58 bits per heavy atom. The van der Waals surface area contributed by atoms with Gasteiger partial charge in [-0.25, -0.2) is 13.2 Å². The van der Waals surface area contributed by atoms with Crippen LogP contribution in [0.15, 0.2) is 12.3 Å². The first-order valence-electron chi connectivity index (χ1n) is 5.38. The third kappa shape index (κ3) is 5.08. The van der Waals surface area contributed by atoms with Gasteiger partial charge in [0.2, 0.25) is 5.91 Å². The number of carboxylic acids is 1. The molecule has 0 aliphatic carbocycles. The summed E-state index contributed by atoms with van der Waals surface area (Å²) < 4.78 is 25.1. The molecule has 1 rings (SSSR count). The van der Waals surface area contributed by atoms with Crippen LogP contribution in [-0.2, 0) is 32.2 Å². The van der Waals surface area contributed by atoms with E-state index in [0.29, 0.717) is 5.69 Å². The lowest BCUT2D eigenvalue weighted by Gasteiger charge is -2.12. The summed E-state index contributed by atoms with van der Waals surface area (Å²) in [5.41, 5.74) is 0.328. The first kappa shape index (κ1) is 15.2. The van der Waals surface area contributed by atoms with Crippen molar-refractivity contribution >= 4 is 21.7 Å². The molecule has 1 aromatic heterocycles. The standard InChI is InChI=1S/C10H15N3O5S/c1-7(14)11-9(10(15)16)6-19(17,18)5-8-3-4-13(2)12-8/h3-4,9H,5-6H2,1-2H3,(H,11,14)(H,15,16)/t9-/m0/s1. The van der Waals surface area contributed by atoms with Crippen molar-refractivity contribution in [3.8, 4) is 0 Å². The number of carbonyl (C=O) groups is 2. The van der Waals surface area contributed by atoms with Gasteiger partial charge < -0.3 is 10.4 Å². The molecule has 1 aromatic rings. The van der Waals surface area contributed by atoms with Gasteiger partial charge in [-0.05, 0) is 6.07 Å². The van der Waals surface area contributed by atoms with Crippen LogP contribution in [0.3, 0.4) is 0 Å². The van der Waals surface area contributed by atoms with E-state index in [1.54, 1.807) is 13.2 Å². The van der Waals surface area contributed by atoms with E-state index in [1.807, 2.05) is 0 Å². The minimum atomic E-state index is -3.68. The van der Waals surface area contributed by atoms with Gasteiger partial charge in [0.05, 0.1) is 17.2 Å². The number of nitrogens with zero attached hydrogens (tertiary/aromatic N) is 2. The minimum Gasteiger partial charge on any atom is -0.480 e. The van der Waals surface area contributed by atoms with Gasteiger partial charge >= 0.3 is 5.97 Å². The van der Waals surface area contributed by atoms with Crippen molar-refractivity contribution in [2.45, 2.75) is 18.7 Å². The molecule has 0 fully saturated rings. The molecule has 0 saturated carbocycles. The summed E-state index contributed by atoms with van der Waals surface area (Å²) in [5.74, 6) is -3.02. The molecule has 0 aliphatic heterocycles. The summed E-state index contributed by atoms with van der Waals surface area (Å²) in [6.45, 7) is 1.13. The molecule has 9 heteroatoms. The largest absolute Gasteiger partial charge is 0.480 e. The normalized spacial score (nSPS) is 12.9. The number of aliphatic carboxylic acids is 1. The number of hydrogen-bond donors (Lipinski definition) is 2. The van der Waals surface area contributed by atoms with Crippen molar-refractivity contribution < 1.29 is 23.1 Å². The van der Waals surface area contributed by atoms with Gasteiger partial charge in [-0.1, -0.05) is 0 Å². The molecule has 1 heterocycles. The quantitative estimate of drug-likeness (QED) is 0.688. The molecule has 106 valence electrons. The second-order valence-corrected chi connectivity index (χ2v) is 6.24. The lowest BCUT2D eigenvalue weighted by Crippen LogP contribution is -2.44. The van der Waals surface area contributed by atoms with Crippen LogP contribution in [-0.4, -0.2) is 47.0 Å². The molecule has 8 nitrogen and oxygen atoms in total. The minimum absolute atomic E-state index is 0.328. The highest BCUT2D eigenvalue weighted by atomic mass is 32.2. The number of aromatic nitrogens is 2. The molecule has 1 amide bonds. The smallest absolute Gasteiger partial charge is 0.327 e. The van der Waals surface area contributed by atoms with Gasteiger partial charge in [-0.15, -0.1) is 0 Å². The Morgan fingerprint density at radius 1 is 1.53 bits per heavy atom. The first-order valence-corrected chi connectivity index (χ1v) is 7.20. The summed E-state index contributed by atoms with van der Waals surface area (Å²) in [5, 5.41) is 14.9. The van der Waals surface area contributed by atoms with Crippen molar-refractivity contribution in [2.75, 3.05) is 5.75 Å². The van der Waals surface area contributed by atoms with Crippen molar-refractivity contribution in [3.63, 3.8) is 0 Å². The average Bonchev–Trinajstić information content (AvgIpc) is 2.60. The summed E-state index contributed by atoms with van der Waals surface area (Å²) in [6, 6.07) is 0.0809. The Balaban J connectivity index is 2.76. The van der Waals surface area contributed by atoms with Crippen LogP contribution in [0.4, 0.5) is 0 Å². The monoisotopic (exact) mass is 289 g/mol. The number of nitrogens with one attached hydrogen (secondary N) is 1. The average molecular weight is 289 g/mol. The summed E-state index contributed by atoms with van der Waals surface area (Å²) in [7, 11) is -2.04. The summed E-state index contributed by atoms with van der Waals surface area (Å²) >= 11 is 0. The van der Waals surface area contributed by atoms with E-state index >= 15 is 0 Å². The highest BCUT2D eigenvalue weighted by molar-refractivity contribution is 7.90. The molecule has 0 aliphatic rings. The van der Waals surface area contributed by atoms with Gasteiger partial charge in [-0.2, -0.15) is 5.10 Å². The molecular weight excluding hydrogens is 274 g/mol. The van der Waals surface area contributed by atoms with Gasteiger partial charge in [0, 0.05) is 20.2 Å². The van der Waals surface area contributed by atoms with E-state index in [4.69, 9.17) is 5.11 Å². The van der Waals surface area contributed by atoms with E-state index in [9.17, 15) is 18.0 Å². The van der Waals surface area contributed by atoms with E-state index in [0.717, 1.165) is 6.92 Å². The van der Waals surface area contributed by atoms with E-state index in [1.165, 1.54) is 10.7 Å². The number of carbonyl (C=O) groups excluding carboxylic acids is 1. The number of aryl methyl sites for hydroxylation is 1. The van der Waals surface area contributed by atoms with Gasteiger partial charge in [-0.3, -0.25) is 9.48 Å². The molecule has 0 bridgehead atoms. The zero-order valence-electron chi connectivity index (χ0n) is 10.5. The lowest BCUT2D eigenvalue weighted by atomic mass is 10.3. The number of amides is 1. The molecular formula is C10H15N3O5S. The predicted octanol–water partition coefficient (Wildman–Crippen LogP) is -1.08. The van der Waals surface area contributed by atoms with Crippen LogP contribution >= 0.6 is 0 Å². The number of carboxylic acid groups (broad SMARTS) is 1. The molecule has 0 spiro atoms. The Bertz CT molecular complexity index is 578. The van der Waals surface area contributed by atoms with E-state index in [2.05, 4.69) is 10.4 Å². The van der Waals surface area contributed by atoms with Gasteiger partial charge in [0.1, 0.15) is 6.04 Å². The third-order valence-corrected chi connectivity index (χ3v) is 3.81. The second kappa shape index (κ2) is 5.83. The molecule has 0 aromatic carbocycles. The third-order valence-electron chi connectivity index (χ3n) is 2.23. The maximum atomic E-state index is 11.8. The summed E-state index contributed by atoms with van der Waals surface area (Å²) in [4.78, 5) is 21.7. The fourth-order valence-corrected chi connectivity index (χ4v) is 2.95. The Kier molecular flexibility index (Phi) is 4.65. The zero-order chi connectivity index (χ0) is 14.6. The number of sulfone groups is 1. The van der Waals surface area contributed by atoms with Crippen LogP contribution < -0.4 is 5.32 Å². The molecule has 19 heavy (non-hydrogen) atoms. The Morgan fingerprint density at radius 2 is 2.16 bits per heavy atom. The van der Waals surface area contributed by atoms with Crippen LogP contribution in [0, 0.1) is 0 Å².